The summed E-state index contributed by atoms with van der Waals surface area (Å²) in [6, 6.07) is 7.06. The number of ether oxygens (including phenoxy) is 2. The lowest BCUT2D eigenvalue weighted by atomic mass is 9.91. The Kier molecular flexibility index (Phi) is 10.2. The summed E-state index contributed by atoms with van der Waals surface area (Å²) in [5.41, 5.74) is 5.87. The Labute approximate surface area is 252 Å². The van der Waals surface area contributed by atoms with Crippen LogP contribution < -0.4 is 16.1 Å². The first kappa shape index (κ1) is 32.1. The van der Waals surface area contributed by atoms with Gasteiger partial charge in [0, 0.05) is 19.0 Å². The minimum Gasteiger partial charge on any atom is -0.455 e. The molecule has 3 amide bonds. The molecule has 1 saturated heterocycles. The van der Waals surface area contributed by atoms with Gasteiger partial charge in [-0.15, -0.1) is 0 Å². The summed E-state index contributed by atoms with van der Waals surface area (Å²) in [6.07, 6.45) is 1.89. The van der Waals surface area contributed by atoms with Gasteiger partial charge in [-0.2, -0.15) is 0 Å². The fourth-order valence-electron chi connectivity index (χ4n) is 5.55. The van der Waals surface area contributed by atoms with Crippen LogP contribution in [0.4, 0.5) is 0 Å². The zero-order valence-electron chi connectivity index (χ0n) is 26.0. The van der Waals surface area contributed by atoms with Crippen LogP contribution in [0, 0.1) is 11.8 Å². The molecule has 2 aliphatic heterocycles. The number of hydrazine groups is 1. The highest BCUT2D eigenvalue weighted by molar-refractivity contribution is 5.93. The predicted molar refractivity (Wildman–Crippen MR) is 162 cm³/mol. The van der Waals surface area contributed by atoms with E-state index in [1.807, 2.05) is 64.1 Å². The fourth-order valence-corrected chi connectivity index (χ4v) is 5.55. The van der Waals surface area contributed by atoms with Crippen molar-refractivity contribution in [3.8, 4) is 0 Å². The molecular formula is C32H43N5O6. The number of nitrogens with one attached hydrogen (secondary N) is 3. The van der Waals surface area contributed by atoms with E-state index in [0.717, 1.165) is 16.5 Å². The van der Waals surface area contributed by atoms with E-state index in [-0.39, 0.29) is 11.8 Å². The molecule has 1 aromatic heterocycles. The van der Waals surface area contributed by atoms with Gasteiger partial charge in [0.1, 0.15) is 24.2 Å². The Morgan fingerprint density at radius 3 is 2.44 bits per heavy atom. The summed E-state index contributed by atoms with van der Waals surface area (Å²) >= 11 is 0. The third kappa shape index (κ3) is 7.40. The molecule has 0 saturated carbocycles. The van der Waals surface area contributed by atoms with Gasteiger partial charge in [-0.25, -0.2) is 10.4 Å². The largest absolute Gasteiger partial charge is 0.455 e. The second kappa shape index (κ2) is 13.6. The van der Waals surface area contributed by atoms with Gasteiger partial charge < -0.3 is 20.1 Å². The lowest BCUT2D eigenvalue weighted by molar-refractivity contribution is -0.157. The number of hydrogen-bond donors (Lipinski definition) is 3. The van der Waals surface area contributed by atoms with E-state index in [4.69, 9.17) is 14.5 Å². The minimum atomic E-state index is -0.904. The Morgan fingerprint density at radius 1 is 1.02 bits per heavy atom. The van der Waals surface area contributed by atoms with Gasteiger partial charge in [-0.05, 0) is 64.2 Å². The molecule has 0 spiro atoms. The van der Waals surface area contributed by atoms with E-state index >= 15 is 0 Å². The van der Waals surface area contributed by atoms with Crippen molar-refractivity contribution in [2.75, 3.05) is 13.7 Å². The van der Waals surface area contributed by atoms with Crippen LogP contribution in [0.25, 0.3) is 17.0 Å². The van der Waals surface area contributed by atoms with Crippen LogP contribution in [0.5, 0.6) is 0 Å². The van der Waals surface area contributed by atoms with E-state index in [0.29, 0.717) is 30.6 Å². The first-order valence-electron chi connectivity index (χ1n) is 14.9. The molecule has 4 rings (SSSR count). The number of esters is 1. The fraction of sp³-hybridized carbons (Fsp3) is 0.531. The van der Waals surface area contributed by atoms with Crippen LogP contribution in [0.3, 0.4) is 0 Å². The van der Waals surface area contributed by atoms with Gasteiger partial charge in [0.05, 0.1) is 23.2 Å². The number of carbonyl (C=O) groups is 4. The van der Waals surface area contributed by atoms with Gasteiger partial charge in [-0.1, -0.05) is 43.7 Å². The van der Waals surface area contributed by atoms with Crippen LogP contribution in [0.1, 0.15) is 71.7 Å². The van der Waals surface area contributed by atoms with Crippen molar-refractivity contribution in [1.29, 1.82) is 0 Å². The molecule has 0 unspecified atom stereocenters. The summed E-state index contributed by atoms with van der Waals surface area (Å²) in [6.45, 7) is 11.0. The average Bonchev–Trinajstić information content (AvgIpc) is 2.98. The van der Waals surface area contributed by atoms with Gasteiger partial charge in [0.25, 0.3) is 5.91 Å². The van der Waals surface area contributed by atoms with E-state index in [2.05, 4.69) is 16.1 Å². The van der Waals surface area contributed by atoms with Gasteiger partial charge in [0.2, 0.25) is 11.8 Å². The molecule has 11 heteroatoms. The minimum absolute atomic E-state index is 0.259. The van der Waals surface area contributed by atoms with Gasteiger partial charge >= 0.3 is 5.97 Å². The zero-order valence-corrected chi connectivity index (χ0v) is 26.0. The third-order valence-corrected chi connectivity index (χ3v) is 8.17. The summed E-state index contributed by atoms with van der Waals surface area (Å²) in [5, 5.41) is 7.94. The van der Waals surface area contributed by atoms with Crippen molar-refractivity contribution in [3.63, 3.8) is 0 Å². The topological polar surface area (TPSA) is 139 Å². The molecular weight excluding hydrogens is 550 g/mol. The maximum atomic E-state index is 13.7. The standard InChI is InChI=1S/C32H43N5O6/c1-17(2)28-30(39)33-19(4)31(40)37-14-8-9-25(36-37)32(41)43-20(5)24-13-12-23-11-10-22(16-26(23)34-24)15-18(3)27(21(6)42-7)29(38)35-28/h10-13,15-17,19-21,25,27-28,36H,8-9,14H2,1-7H3,(H,33,39)(H,35,38)/t19-,20+,21-,25-,27+,28-/m0/s1. The highest BCUT2D eigenvalue weighted by Gasteiger charge is 2.35. The lowest BCUT2D eigenvalue weighted by Crippen LogP contribution is -2.61. The van der Waals surface area contributed by atoms with Crippen molar-refractivity contribution in [2.45, 2.75) is 84.7 Å². The molecule has 5 bridgehead atoms. The number of amides is 3. The monoisotopic (exact) mass is 593 g/mol. The highest BCUT2D eigenvalue weighted by Crippen LogP contribution is 2.25. The summed E-state index contributed by atoms with van der Waals surface area (Å²) in [7, 11) is 1.54. The molecule has 1 fully saturated rings. The SMILES string of the molecule is CO[C@@H](C)[C@@H]1C(=O)N[C@@H](C(C)C)C(=O)N[C@@H](C)C(=O)N2CCC[C@H](N2)C(=O)O[C@H](C)c2ccc3ccc(cc3n2)C=C1C. The summed E-state index contributed by atoms with van der Waals surface area (Å²) < 4.78 is 11.4. The van der Waals surface area contributed by atoms with Crippen molar-refractivity contribution in [1.82, 2.24) is 26.1 Å². The molecule has 1 aromatic carbocycles. The number of fused-ring (bicyclic) bond motifs is 4. The molecule has 2 aliphatic rings. The van der Waals surface area contributed by atoms with Crippen LogP contribution >= 0.6 is 0 Å². The zero-order chi connectivity index (χ0) is 31.4. The second-order valence-electron chi connectivity index (χ2n) is 11.8. The van der Waals surface area contributed by atoms with Gasteiger partial charge in [0.15, 0.2) is 0 Å². The predicted octanol–water partition coefficient (Wildman–Crippen LogP) is 3.05. The third-order valence-electron chi connectivity index (χ3n) is 8.17. The van der Waals surface area contributed by atoms with E-state index in [1.54, 1.807) is 21.0 Å². The van der Waals surface area contributed by atoms with E-state index in [9.17, 15) is 19.2 Å². The number of aromatic nitrogens is 1. The van der Waals surface area contributed by atoms with Crippen LogP contribution in [0.2, 0.25) is 0 Å². The number of rotatable bonds is 3. The van der Waals surface area contributed by atoms with E-state index in [1.165, 1.54) is 5.01 Å². The maximum absolute atomic E-state index is 13.7. The molecule has 3 N–H and O–H groups in total. The molecule has 11 nitrogen and oxygen atoms in total. The molecule has 6 atom stereocenters. The number of hydrogen-bond acceptors (Lipinski definition) is 8. The summed E-state index contributed by atoms with van der Waals surface area (Å²) in [5.74, 6) is -2.65. The number of pyridine rings is 1. The molecule has 43 heavy (non-hydrogen) atoms. The Balaban J connectivity index is 1.76. The smallest absolute Gasteiger partial charge is 0.325 e. The van der Waals surface area contributed by atoms with Crippen LogP contribution in [0.15, 0.2) is 35.9 Å². The lowest BCUT2D eigenvalue weighted by Gasteiger charge is -2.35. The van der Waals surface area contributed by atoms with Crippen molar-refractivity contribution < 1.29 is 28.7 Å². The molecule has 0 radical (unpaired) electrons. The molecule has 3 heterocycles. The number of benzene rings is 1. The average molecular weight is 594 g/mol. The van der Waals surface area contributed by atoms with Crippen LogP contribution in [-0.2, 0) is 28.7 Å². The van der Waals surface area contributed by atoms with Crippen molar-refractivity contribution >= 4 is 40.7 Å². The first-order chi connectivity index (χ1) is 20.4. The molecule has 2 aromatic rings. The number of cyclic esters (lactones) is 1. The Hall–Kier alpha value is -3.83. The van der Waals surface area contributed by atoms with Crippen molar-refractivity contribution in [2.24, 2.45) is 11.8 Å². The van der Waals surface area contributed by atoms with Crippen LogP contribution in [-0.4, -0.2) is 71.6 Å². The first-order valence-corrected chi connectivity index (χ1v) is 14.9. The van der Waals surface area contributed by atoms with Gasteiger partial charge in [-0.3, -0.25) is 24.2 Å². The Morgan fingerprint density at radius 2 is 1.74 bits per heavy atom. The highest BCUT2D eigenvalue weighted by atomic mass is 16.5. The number of carbonyl (C=O) groups excluding carboxylic acids is 4. The second-order valence-corrected chi connectivity index (χ2v) is 11.8. The maximum Gasteiger partial charge on any atom is 0.325 e. The molecule has 0 aliphatic carbocycles. The number of nitrogens with zero attached hydrogens (tertiary/aromatic N) is 2. The quantitative estimate of drug-likeness (QED) is 0.462. The van der Waals surface area contributed by atoms with E-state index < -0.39 is 54.0 Å². The Bertz CT molecular complexity index is 1410. The number of methoxy groups -OCH3 is 1. The molecule has 232 valence electrons. The summed E-state index contributed by atoms with van der Waals surface area (Å²) in [4.78, 5) is 58.3. The van der Waals surface area contributed by atoms with Crippen molar-refractivity contribution in [3.05, 3.63) is 47.2 Å². The normalized spacial score (nSPS) is 26.9.